The Morgan fingerprint density at radius 3 is 2.44 bits per heavy atom. The molecular weight excluding hydrogens is 338 g/mol. The van der Waals surface area contributed by atoms with Crippen LogP contribution in [0, 0.1) is 6.92 Å². The highest BCUT2D eigenvalue weighted by molar-refractivity contribution is 6.00. The summed E-state index contributed by atoms with van der Waals surface area (Å²) in [4.78, 5) is 0. The molecule has 0 aromatic heterocycles. The van der Waals surface area contributed by atoms with Gasteiger partial charge in [-0.15, -0.1) is 0 Å². The molecule has 27 heavy (non-hydrogen) atoms. The van der Waals surface area contributed by atoms with Crippen molar-refractivity contribution < 1.29 is 14.9 Å². The summed E-state index contributed by atoms with van der Waals surface area (Å²) in [6, 6.07) is 12.1. The molecule has 1 heterocycles. The maximum absolute atomic E-state index is 11.0. The number of benzene rings is 3. The van der Waals surface area contributed by atoms with Gasteiger partial charge >= 0.3 is 0 Å². The zero-order valence-corrected chi connectivity index (χ0v) is 16.1. The Kier molecular flexibility index (Phi) is 4.23. The lowest BCUT2D eigenvalue weighted by Gasteiger charge is -2.30. The van der Waals surface area contributed by atoms with E-state index in [0.29, 0.717) is 28.3 Å². The van der Waals surface area contributed by atoms with Gasteiger partial charge in [0.15, 0.2) is 0 Å². The van der Waals surface area contributed by atoms with Crippen LogP contribution in [0.5, 0.6) is 17.2 Å². The van der Waals surface area contributed by atoms with Gasteiger partial charge in [-0.05, 0) is 55.8 Å². The Bertz CT molecular complexity index is 1040. The van der Waals surface area contributed by atoms with E-state index in [1.165, 1.54) is 0 Å². The summed E-state index contributed by atoms with van der Waals surface area (Å²) in [5.74, 6) is 0.996. The van der Waals surface area contributed by atoms with E-state index < -0.39 is 0 Å². The van der Waals surface area contributed by atoms with Gasteiger partial charge in [0.2, 0.25) is 0 Å². The first-order chi connectivity index (χ1) is 12.9. The maximum Gasteiger partial charge on any atom is 0.135 e. The molecule has 0 bridgehead atoms. The van der Waals surface area contributed by atoms with Crippen molar-refractivity contribution in [2.24, 2.45) is 0 Å². The number of methoxy groups -OCH3 is 1. The second-order valence-corrected chi connectivity index (χ2v) is 7.56. The molecule has 4 nitrogen and oxygen atoms in total. The molecule has 0 aliphatic carbocycles. The molecule has 3 N–H and O–H groups in total. The molecule has 1 aliphatic heterocycles. The number of phenols is 2. The molecule has 2 atom stereocenters. The van der Waals surface area contributed by atoms with Crippen molar-refractivity contribution in [1.82, 2.24) is 5.32 Å². The quantitative estimate of drug-likeness (QED) is 0.610. The predicted molar refractivity (Wildman–Crippen MR) is 109 cm³/mol. The second-order valence-electron chi connectivity index (χ2n) is 7.56. The number of hydrogen-bond acceptors (Lipinski definition) is 4. The third-order valence-corrected chi connectivity index (χ3v) is 5.51. The molecule has 1 aliphatic rings. The minimum atomic E-state index is 0.0588. The molecular formula is C23H25NO3. The number of hydrogen-bond donors (Lipinski definition) is 3. The van der Waals surface area contributed by atoms with E-state index in [4.69, 9.17) is 4.74 Å². The third kappa shape index (κ3) is 2.81. The van der Waals surface area contributed by atoms with Gasteiger partial charge in [0.25, 0.3) is 0 Å². The summed E-state index contributed by atoms with van der Waals surface area (Å²) in [7, 11) is 1.60. The van der Waals surface area contributed by atoms with Gasteiger partial charge < -0.3 is 20.3 Å². The van der Waals surface area contributed by atoms with E-state index in [9.17, 15) is 10.2 Å². The van der Waals surface area contributed by atoms with Crippen LogP contribution in [0.15, 0.2) is 36.4 Å². The Morgan fingerprint density at radius 1 is 1.00 bits per heavy atom. The monoisotopic (exact) mass is 363 g/mol. The molecule has 0 amide bonds. The lowest BCUT2D eigenvalue weighted by atomic mass is 9.87. The van der Waals surface area contributed by atoms with Crippen molar-refractivity contribution in [1.29, 1.82) is 0 Å². The minimum absolute atomic E-state index is 0.0588. The number of rotatable bonds is 2. The Hall–Kier alpha value is -2.72. The van der Waals surface area contributed by atoms with Crippen molar-refractivity contribution in [3.05, 3.63) is 53.1 Å². The van der Waals surface area contributed by atoms with E-state index in [0.717, 1.165) is 28.5 Å². The van der Waals surface area contributed by atoms with Crippen molar-refractivity contribution in [3.63, 3.8) is 0 Å². The fourth-order valence-electron chi connectivity index (χ4n) is 4.36. The van der Waals surface area contributed by atoms with Gasteiger partial charge in [0, 0.05) is 28.8 Å². The smallest absolute Gasteiger partial charge is 0.135 e. The lowest BCUT2D eigenvalue weighted by Crippen LogP contribution is -2.35. The van der Waals surface area contributed by atoms with Crippen molar-refractivity contribution in [2.75, 3.05) is 7.11 Å². The number of ether oxygens (including phenoxy) is 1. The van der Waals surface area contributed by atoms with Crippen LogP contribution in [0.3, 0.4) is 0 Å². The molecule has 0 radical (unpaired) electrons. The summed E-state index contributed by atoms with van der Waals surface area (Å²) in [6.07, 6.45) is 0.879. The number of phenolic OH excluding ortho intramolecular Hbond substituents is 2. The molecule has 3 aromatic carbocycles. The van der Waals surface area contributed by atoms with Crippen LogP contribution in [0.2, 0.25) is 0 Å². The normalized spacial score (nSPS) is 19.1. The summed E-state index contributed by atoms with van der Waals surface area (Å²) in [5.41, 5.74) is 4.39. The third-order valence-electron chi connectivity index (χ3n) is 5.51. The van der Waals surface area contributed by atoms with E-state index >= 15 is 0 Å². The van der Waals surface area contributed by atoms with Crippen LogP contribution in [-0.4, -0.2) is 23.4 Å². The van der Waals surface area contributed by atoms with Crippen molar-refractivity contribution >= 4 is 10.8 Å². The van der Waals surface area contributed by atoms with E-state index in [1.54, 1.807) is 7.11 Å². The number of aromatic hydroxyl groups is 2. The molecule has 3 aromatic rings. The molecule has 4 rings (SSSR count). The largest absolute Gasteiger partial charge is 0.507 e. The highest BCUT2D eigenvalue weighted by atomic mass is 16.5. The van der Waals surface area contributed by atoms with Crippen LogP contribution in [0.1, 0.15) is 36.6 Å². The van der Waals surface area contributed by atoms with Gasteiger partial charge in [-0.3, -0.25) is 0 Å². The summed E-state index contributed by atoms with van der Waals surface area (Å²) < 4.78 is 5.50. The Morgan fingerprint density at radius 2 is 1.70 bits per heavy atom. The summed E-state index contributed by atoms with van der Waals surface area (Å²) in [5, 5.41) is 27.1. The second kappa shape index (κ2) is 6.46. The molecule has 0 saturated heterocycles. The van der Waals surface area contributed by atoms with Crippen molar-refractivity contribution in [2.45, 2.75) is 39.3 Å². The SMILES string of the molecule is COc1cc(C)cc2ccc(-c3ccc4c(c3O)[C@@H](C)N[C@@H](C)C4)c(O)c12. The molecule has 0 unspecified atom stereocenters. The van der Waals surface area contributed by atoms with Gasteiger partial charge in [0.1, 0.15) is 17.2 Å². The standard InChI is InChI=1S/C23H25NO3/c1-12-9-15-5-7-18(23(26)21(15)19(10-12)27-4)17-8-6-16-11-13(2)24-14(3)20(16)22(17)25/h5-10,13-14,24-26H,11H2,1-4H3/t13-,14+/m0/s1. The number of nitrogens with one attached hydrogen (secondary N) is 1. The Balaban J connectivity index is 1.95. The van der Waals surface area contributed by atoms with E-state index in [-0.39, 0.29) is 17.5 Å². The van der Waals surface area contributed by atoms with Crippen molar-refractivity contribution in [3.8, 4) is 28.4 Å². The van der Waals surface area contributed by atoms with Gasteiger partial charge in [-0.25, -0.2) is 0 Å². The highest BCUT2D eigenvalue weighted by Gasteiger charge is 2.26. The zero-order valence-electron chi connectivity index (χ0n) is 16.1. The predicted octanol–water partition coefficient (Wildman–Crippen LogP) is 4.83. The number of fused-ring (bicyclic) bond motifs is 2. The summed E-state index contributed by atoms with van der Waals surface area (Å²) in [6.45, 7) is 6.20. The molecule has 0 spiro atoms. The van der Waals surface area contributed by atoms with Gasteiger partial charge in [-0.1, -0.05) is 24.3 Å². The Labute approximate surface area is 159 Å². The fourth-order valence-corrected chi connectivity index (χ4v) is 4.36. The first kappa shape index (κ1) is 17.7. The highest BCUT2D eigenvalue weighted by Crippen LogP contribution is 2.46. The maximum atomic E-state index is 11.0. The molecule has 4 heteroatoms. The zero-order chi connectivity index (χ0) is 19.3. The topological polar surface area (TPSA) is 61.7 Å². The van der Waals surface area contributed by atoms with E-state index in [2.05, 4.69) is 25.2 Å². The average Bonchev–Trinajstić information content (AvgIpc) is 2.61. The number of aryl methyl sites for hydroxylation is 1. The summed E-state index contributed by atoms with van der Waals surface area (Å²) >= 11 is 0. The van der Waals surface area contributed by atoms with Crippen LogP contribution < -0.4 is 10.1 Å². The average molecular weight is 363 g/mol. The van der Waals surface area contributed by atoms with Crippen LogP contribution in [0.25, 0.3) is 21.9 Å². The van der Waals surface area contributed by atoms with Gasteiger partial charge in [0.05, 0.1) is 12.5 Å². The molecule has 0 saturated carbocycles. The first-order valence-corrected chi connectivity index (χ1v) is 9.32. The minimum Gasteiger partial charge on any atom is -0.507 e. The van der Waals surface area contributed by atoms with Crippen LogP contribution in [-0.2, 0) is 6.42 Å². The fraction of sp³-hybridized carbons (Fsp3) is 0.304. The lowest BCUT2D eigenvalue weighted by molar-refractivity contribution is 0.409. The molecule has 0 fully saturated rings. The van der Waals surface area contributed by atoms with Crippen LogP contribution >= 0.6 is 0 Å². The van der Waals surface area contributed by atoms with E-state index in [1.807, 2.05) is 37.3 Å². The van der Waals surface area contributed by atoms with Gasteiger partial charge in [-0.2, -0.15) is 0 Å². The van der Waals surface area contributed by atoms with Crippen LogP contribution in [0.4, 0.5) is 0 Å². The first-order valence-electron chi connectivity index (χ1n) is 9.32. The molecule has 140 valence electrons.